The summed E-state index contributed by atoms with van der Waals surface area (Å²) in [5.74, 6) is -0.833. The van der Waals surface area contributed by atoms with Gasteiger partial charge < -0.3 is 5.11 Å². The molecule has 0 atom stereocenters. The summed E-state index contributed by atoms with van der Waals surface area (Å²) in [5, 5.41) is 7.42. The summed E-state index contributed by atoms with van der Waals surface area (Å²) in [6.45, 7) is 2.98. The molecule has 0 saturated carbocycles. The van der Waals surface area contributed by atoms with E-state index < -0.39 is 5.97 Å². The molecular formula is C8H12O3. The highest BCUT2D eigenvalue weighted by atomic mass is 16.4. The maximum atomic E-state index is 9.56. The van der Waals surface area contributed by atoms with Crippen molar-refractivity contribution in [2.45, 2.75) is 13.8 Å². The van der Waals surface area contributed by atoms with E-state index in [0.717, 1.165) is 13.2 Å². The maximum Gasteiger partial charge on any atom is 0.300 e. The number of carbonyl (C=O) groups is 2. The molecular weight excluding hydrogens is 144 g/mol. The molecule has 11 heavy (non-hydrogen) atoms. The zero-order valence-corrected chi connectivity index (χ0v) is 6.65. The van der Waals surface area contributed by atoms with Crippen LogP contribution in [0.5, 0.6) is 0 Å². The number of rotatable bonds is 2. The van der Waals surface area contributed by atoms with E-state index in [1.54, 1.807) is 12.2 Å². The van der Waals surface area contributed by atoms with Crippen LogP contribution < -0.4 is 0 Å². The first-order valence-electron chi connectivity index (χ1n) is 3.07. The number of aliphatic carboxylic acids is 1. The van der Waals surface area contributed by atoms with Gasteiger partial charge in [0.25, 0.3) is 5.97 Å². The average molecular weight is 156 g/mol. The zero-order chi connectivity index (χ0) is 9.11. The van der Waals surface area contributed by atoms with Gasteiger partial charge in [0.2, 0.25) is 0 Å². The van der Waals surface area contributed by atoms with Crippen molar-refractivity contribution in [3.8, 4) is 0 Å². The van der Waals surface area contributed by atoms with Gasteiger partial charge >= 0.3 is 0 Å². The number of allylic oxidation sites excluding steroid dienone is 4. The Hall–Kier alpha value is -1.38. The van der Waals surface area contributed by atoms with Crippen molar-refractivity contribution in [2.75, 3.05) is 0 Å². The zero-order valence-electron chi connectivity index (χ0n) is 6.65. The molecule has 0 fully saturated rings. The van der Waals surface area contributed by atoms with E-state index in [0.29, 0.717) is 0 Å². The second-order valence-electron chi connectivity index (χ2n) is 1.57. The van der Waals surface area contributed by atoms with Crippen LogP contribution in [0.3, 0.4) is 0 Å². The summed E-state index contributed by atoms with van der Waals surface area (Å²) in [7, 11) is 0. The number of carboxylic acid groups (broad SMARTS) is 1. The first-order chi connectivity index (χ1) is 5.15. The fourth-order valence-corrected chi connectivity index (χ4v) is 0.221. The van der Waals surface area contributed by atoms with Gasteiger partial charge in [-0.05, 0) is 13.0 Å². The topological polar surface area (TPSA) is 54.4 Å². The van der Waals surface area contributed by atoms with Crippen LogP contribution in [0.15, 0.2) is 24.3 Å². The standard InChI is InChI=1S/C6H8O.C2H4O2/c1-2-3-4-5-6-7;1-2(3)4/h2-6H,1H3;1H3,(H,3,4)/b3-2?,5-4+;. The van der Waals surface area contributed by atoms with E-state index in [4.69, 9.17) is 9.90 Å². The predicted octanol–water partition coefficient (Wildman–Crippen LogP) is 1.41. The second kappa shape index (κ2) is 11.4. The van der Waals surface area contributed by atoms with Gasteiger partial charge in [0, 0.05) is 6.92 Å². The fraction of sp³-hybridized carbons (Fsp3) is 0.250. The Morgan fingerprint density at radius 3 is 2.00 bits per heavy atom. The molecule has 0 bridgehead atoms. The molecule has 0 aromatic heterocycles. The summed E-state index contributed by atoms with van der Waals surface area (Å²) in [6.07, 6.45) is 7.54. The molecule has 0 rings (SSSR count). The Labute approximate surface area is 66.0 Å². The molecule has 0 aromatic carbocycles. The van der Waals surface area contributed by atoms with E-state index in [9.17, 15) is 4.79 Å². The SMILES string of the molecule is CC(=O)O.CC=C/C=C/C=O. The Morgan fingerprint density at radius 2 is 1.73 bits per heavy atom. The highest BCUT2D eigenvalue weighted by molar-refractivity contribution is 5.65. The van der Waals surface area contributed by atoms with Crippen molar-refractivity contribution < 1.29 is 14.7 Å². The van der Waals surface area contributed by atoms with E-state index >= 15 is 0 Å². The molecule has 0 amide bonds. The maximum absolute atomic E-state index is 9.56. The summed E-state index contributed by atoms with van der Waals surface area (Å²) >= 11 is 0. The summed E-state index contributed by atoms with van der Waals surface area (Å²) in [6, 6.07) is 0. The van der Waals surface area contributed by atoms with Crippen LogP contribution in [-0.4, -0.2) is 17.4 Å². The smallest absolute Gasteiger partial charge is 0.300 e. The van der Waals surface area contributed by atoms with Crippen LogP contribution in [0.1, 0.15) is 13.8 Å². The lowest BCUT2D eigenvalue weighted by atomic mass is 10.5. The van der Waals surface area contributed by atoms with E-state index in [-0.39, 0.29) is 0 Å². The Morgan fingerprint density at radius 1 is 1.27 bits per heavy atom. The Balaban J connectivity index is 0. The van der Waals surface area contributed by atoms with E-state index in [2.05, 4.69) is 0 Å². The van der Waals surface area contributed by atoms with Crippen molar-refractivity contribution in [3.63, 3.8) is 0 Å². The van der Waals surface area contributed by atoms with Gasteiger partial charge in [-0.1, -0.05) is 18.2 Å². The van der Waals surface area contributed by atoms with Gasteiger partial charge in [0.15, 0.2) is 0 Å². The molecule has 0 heterocycles. The van der Waals surface area contributed by atoms with Crippen molar-refractivity contribution >= 4 is 12.3 Å². The predicted molar refractivity (Wildman–Crippen MR) is 43.3 cm³/mol. The first-order valence-corrected chi connectivity index (χ1v) is 3.07. The molecule has 0 aliphatic heterocycles. The molecule has 0 radical (unpaired) electrons. The van der Waals surface area contributed by atoms with Gasteiger partial charge in [-0.15, -0.1) is 0 Å². The van der Waals surface area contributed by atoms with Crippen molar-refractivity contribution in [1.82, 2.24) is 0 Å². The number of carboxylic acids is 1. The van der Waals surface area contributed by atoms with Gasteiger partial charge in [-0.25, -0.2) is 0 Å². The average Bonchev–Trinajstić information content (AvgIpc) is 1.88. The monoisotopic (exact) mass is 156 g/mol. The third-order valence-electron chi connectivity index (χ3n) is 0.493. The minimum absolute atomic E-state index is 0.750. The molecule has 0 aliphatic carbocycles. The minimum atomic E-state index is -0.833. The number of aldehydes is 1. The van der Waals surface area contributed by atoms with Crippen LogP contribution in [0, 0.1) is 0 Å². The second-order valence-corrected chi connectivity index (χ2v) is 1.57. The van der Waals surface area contributed by atoms with E-state index in [1.165, 1.54) is 6.08 Å². The van der Waals surface area contributed by atoms with Crippen LogP contribution >= 0.6 is 0 Å². The number of carbonyl (C=O) groups excluding carboxylic acids is 1. The lowest BCUT2D eigenvalue weighted by Crippen LogP contribution is -1.78. The van der Waals surface area contributed by atoms with Crippen LogP contribution in [0.2, 0.25) is 0 Å². The summed E-state index contributed by atoms with van der Waals surface area (Å²) in [5.41, 5.74) is 0. The quantitative estimate of drug-likeness (QED) is 0.373. The molecule has 1 N–H and O–H groups in total. The summed E-state index contributed by atoms with van der Waals surface area (Å²) < 4.78 is 0. The summed E-state index contributed by atoms with van der Waals surface area (Å²) in [4.78, 5) is 18.6. The largest absolute Gasteiger partial charge is 0.481 e. The highest BCUT2D eigenvalue weighted by Crippen LogP contribution is 1.70. The van der Waals surface area contributed by atoms with Gasteiger partial charge in [-0.3, -0.25) is 9.59 Å². The fourth-order valence-electron chi connectivity index (χ4n) is 0.221. The Kier molecular flexibility index (Phi) is 12.8. The van der Waals surface area contributed by atoms with E-state index in [1.807, 2.05) is 13.0 Å². The molecule has 0 unspecified atom stereocenters. The molecule has 0 aromatic rings. The lowest BCUT2D eigenvalue weighted by Gasteiger charge is -1.62. The van der Waals surface area contributed by atoms with Crippen molar-refractivity contribution in [1.29, 1.82) is 0 Å². The van der Waals surface area contributed by atoms with Gasteiger partial charge in [0.05, 0.1) is 0 Å². The van der Waals surface area contributed by atoms with Gasteiger partial charge in [0.1, 0.15) is 6.29 Å². The van der Waals surface area contributed by atoms with Crippen molar-refractivity contribution in [2.24, 2.45) is 0 Å². The Bertz CT molecular complexity index is 153. The van der Waals surface area contributed by atoms with Crippen LogP contribution in [-0.2, 0) is 9.59 Å². The molecule has 0 spiro atoms. The highest BCUT2D eigenvalue weighted by Gasteiger charge is 1.65. The van der Waals surface area contributed by atoms with Gasteiger partial charge in [-0.2, -0.15) is 0 Å². The molecule has 62 valence electrons. The molecule has 3 heteroatoms. The van der Waals surface area contributed by atoms with Crippen LogP contribution in [0.4, 0.5) is 0 Å². The third-order valence-corrected chi connectivity index (χ3v) is 0.493. The normalized spacial score (nSPS) is 9.27. The molecule has 0 saturated heterocycles. The first kappa shape index (κ1) is 12.3. The minimum Gasteiger partial charge on any atom is -0.481 e. The molecule has 0 aliphatic rings. The number of hydrogen-bond donors (Lipinski definition) is 1. The number of hydrogen-bond acceptors (Lipinski definition) is 2. The third kappa shape index (κ3) is 55.0. The van der Waals surface area contributed by atoms with Crippen molar-refractivity contribution in [3.05, 3.63) is 24.3 Å². The molecule has 3 nitrogen and oxygen atoms in total. The van der Waals surface area contributed by atoms with Crippen LogP contribution in [0.25, 0.3) is 0 Å². The lowest BCUT2D eigenvalue weighted by molar-refractivity contribution is -0.134.